The van der Waals surface area contributed by atoms with E-state index in [-0.39, 0.29) is 6.04 Å². The molecule has 1 heterocycles. The summed E-state index contributed by atoms with van der Waals surface area (Å²) in [4.78, 5) is 0. The van der Waals surface area contributed by atoms with E-state index in [1.807, 2.05) is 13.8 Å². The van der Waals surface area contributed by atoms with E-state index in [4.69, 9.17) is 4.52 Å². The molecular formula is C16H22N2O. The summed E-state index contributed by atoms with van der Waals surface area (Å²) in [5.74, 6) is 0.897. The molecule has 3 heteroatoms. The molecule has 2 atom stereocenters. The van der Waals surface area contributed by atoms with Crippen LogP contribution in [-0.4, -0.2) is 5.16 Å². The predicted octanol–water partition coefficient (Wildman–Crippen LogP) is 4.01. The van der Waals surface area contributed by atoms with Gasteiger partial charge in [-0.05, 0) is 40.2 Å². The van der Waals surface area contributed by atoms with Gasteiger partial charge in [0, 0.05) is 17.6 Å². The maximum absolute atomic E-state index is 5.23. The average molecular weight is 258 g/mol. The minimum Gasteiger partial charge on any atom is -0.361 e. The standard InChI is InChI=1S/C16H22N2O/c1-10-6-8-15(9-7-10)11(2)17-12(3)16-13(4)18-19-14(16)5/h6-9,11-12,17H,1-5H3. The number of nitrogens with one attached hydrogen (secondary N) is 1. The van der Waals surface area contributed by atoms with Gasteiger partial charge in [-0.25, -0.2) is 0 Å². The smallest absolute Gasteiger partial charge is 0.138 e. The van der Waals surface area contributed by atoms with Crippen LogP contribution >= 0.6 is 0 Å². The van der Waals surface area contributed by atoms with Crippen LogP contribution in [0.5, 0.6) is 0 Å². The zero-order valence-corrected chi connectivity index (χ0v) is 12.3. The summed E-state index contributed by atoms with van der Waals surface area (Å²) in [7, 11) is 0. The highest BCUT2D eigenvalue weighted by Gasteiger charge is 2.18. The molecule has 3 nitrogen and oxygen atoms in total. The lowest BCUT2D eigenvalue weighted by atomic mass is 10.0. The minimum absolute atomic E-state index is 0.225. The Morgan fingerprint density at radius 1 is 1.00 bits per heavy atom. The van der Waals surface area contributed by atoms with Crippen molar-refractivity contribution in [2.24, 2.45) is 0 Å². The Bertz CT molecular complexity index is 523. The van der Waals surface area contributed by atoms with Crippen LogP contribution < -0.4 is 5.32 Å². The van der Waals surface area contributed by atoms with Crippen molar-refractivity contribution in [3.63, 3.8) is 0 Å². The van der Waals surface area contributed by atoms with E-state index >= 15 is 0 Å². The van der Waals surface area contributed by atoms with Gasteiger partial charge in [-0.3, -0.25) is 0 Å². The quantitative estimate of drug-likeness (QED) is 0.900. The Kier molecular flexibility index (Phi) is 4.05. The van der Waals surface area contributed by atoms with Crippen molar-refractivity contribution < 1.29 is 4.52 Å². The maximum atomic E-state index is 5.23. The van der Waals surface area contributed by atoms with E-state index in [0.717, 1.165) is 11.5 Å². The van der Waals surface area contributed by atoms with Crippen LogP contribution in [0.25, 0.3) is 0 Å². The van der Waals surface area contributed by atoms with E-state index in [9.17, 15) is 0 Å². The van der Waals surface area contributed by atoms with Gasteiger partial charge < -0.3 is 9.84 Å². The fourth-order valence-corrected chi connectivity index (χ4v) is 2.52. The largest absolute Gasteiger partial charge is 0.361 e. The molecule has 1 aromatic heterocycles. The summed E-state index contributed by atoms with van der Waals surface area (Å²) in [5.41, 5.74) is 4.71. The van der Waals surface area contributed by atoms with Crippen molar-refractivity contribution in [3.05, 3.63) is 52.4 Å². The number of hydrogen-bond donors (Lipinski definition) is 1. The van der Waals surface area contributed by atoms with Gasteiger partial charge >= 0.3 is 0 Å². The minimum atomic E-state index is 0.225. The maximum Gasteiger partial charge on any atom is 0.138 e. The average Bonchev–Trinajstić information content (AvgIpc) is 2.69. The number of hydrogen-bond acceptors (Lipinski definition) is 3. The summed E-state index contributed by atoms with van der Waals surface area (Å²) in [6, 6.07) is 9.16. The third-order valence-corrected chi connectivity index (χ3v) is 3.60. The molecule has 102 valence electrons. The number of benzene rings is 1. The summed E-state index contributed by atoms with van der Waals surface area (Å²) < 4.78 is 5.23. The van der Waals surface area contributed by atoms with Gasteiger partial charge in [0.15, 0.2) is 0 Å². The first-order chi connectivity index (χ1) is 8.99. The fourth-order valence-electron chi connectivity index (χ4n) is 2.52. The monoisotopic (exact) mass is 258 g/mol. The third-order valence-electron chi connectivity index (χ3n) is 3.60. The molecule has 19 heavy (non-hydrogen) atoms. The van der Waals surface area contributed by atoms with E-state index in [2.05, 4.69) is 55.5 Å². The van der Waals surface area contributed by atoms with Gasteiger partial charge in [-0.15, -0.1) is 0 Å². The van der Waals surface area contributed by atoms with Crippen LogP contribution in [-0.2, 0) is 0 Å². The number of rotatable bonds is 4. The van der Waals surface area contributed by atoms with Gasteiger partial charge in [-0.2, -0.15) is 0 Å². The van der Waals surface area contributed by atoms with Gasteiger partial charge in [0.2, 0.25) is 0 Å². The molecule has 2 rings (SSSR count). The second-order valence-electron chi connectivity index (χ2n) is 5.26. The lowest BCUT2D eigenvalue weighted by Gasteiger charge is -2.20. The molecule has 1 aromatic carbocycles. The highest BCUT2D eigenvalue weighted by atomic mass is 16.5. The first-order valence-electron chi connectivity index (χ1n) is 6.74. The Morgan fingerprint density at radius 2 is 1.63 bits per heavy atom. The summed E-state index contributed by atoms with van der Waals surface area (Å²) in [6.07, 6.45) is 0. The van der Waals surface area contributed by atoms with E-state index in [0.29, 0.717) is 6.04 Å². The number of aromatic nitrogens is 1. The van der Waals surface area contributed by atoms with Gasteiger partial charge in [0.1, 0.15) is 5.76 Å². The van der Waals surface area contributed by atoms with Crippen LogP contribution in [0.15, 0.2) is 28.8 Å². The Labute approximate surface area is 115 Å². The summed E-state index contributed by atoms with van der Waals surface area (Å²) >= 11 is 0. The molecule has 0 amide bonds. The third kappa shape index (κ3) is 3.04. The van der Waals surface area contributed by atoms with Crippen molar-refractivity contribution in [2.45, 2.75) is 46.7 Å². The zero-order valence-electron chi connectivity index (χ0n) is 12.3. The van der Waals surface area contributed by atoms with E-state index in [1.54, 1.807) is 0 Å². The van der Waals surface area contributed by atoms with Crippen molar-refractivity contribution in [2.75, 3.05) is 0 Å². The molecule has 2 aromatic rings. The molecule has 0 aliphatic heterocycles. The van der Waals surface area contributed by atoms with E-state index < -0.39 is 0 Å². The van der Waals surface area contributed by atoms with Crippen LogP contribution in [0.4, 0.5) is 0 Å². The molecule has 0 aliphatic carbocycles. The van der Waals surface area contributed by atoms with Gasteiger partial charge in [-0.1, -0.05) is 35.0 Å². The van der Waals surface area contributed by atoms with Gasteiger partial charge in [0.05, 0.1) is 5.69 Å². The Hall–Kier alpha value is -1.61. The van der Waals surface area contributed by atoms with Crippen LogP contribution in [0.3, 0.4) is 0 Å². The lowest BCUT2D eigenvalue weighted by molar-refractivity contribution is 0.389. The van der Waals surface area contributed by atoms with Crippen molar-refractivity contribution in [1.29, 1.82) is 0 Å². The lowest BCUT2D eigenvalue weighted by Crippen LogP contribution is -2.23. The molecule has 0 aliphatic rings. The first-order valence-corrected chi connectivity index (χ1v) is 6.74. The molecule has 0 fully saturated rings. The molecule has 0 radical (unpaired) electrons. The molecule has 0 spiro atoms. The van der Waals surface area contributed by atoms with E-state index in [1.165, 1.54) is 16.7 Å². The normalized spacial score (nSPS) is 14.4. The topological polar surface area (TPSA) is 38.1 Å². The molecule has 0 saturated heterocycles. The Morgan fingerprint density at radius 3 is 2.16 bits per heavy atom. The zero-order chi connectivity index (χ0) is 14.0. The fraction of sp³-hybridized carbons (Fsp3) is 0.438. The van der Waals surface area contributed by atoms with Crippen molar-refractivity contribution in [3.8, 4) is 0 Å². The highest BCUT2D eigenvalue weighted by molar-refractivity contribution is 5.27. The second-order valence-corrected chi connectivity index (χ2v) is 5.26. The molecule has 0 bridgehead atoms. The molecule has 1 N–H and O–H groups in total. The van der Waals surface area contributed by atoms with Crippen molar-refractivity contribution in [1.82, 2.24) is 10.5 Å². The van der Waals surface area contributed by atoms with Crippen LogP contribution in [0.2, 0.25) is 0 Å². The number of nitrogens with zero attached hydrogens (tertiary/aromatic N) is 1. The summed E-state index contributed by atoms with van der Waals surface area (Å²) in [5, 5.41) is 7.61. The van der Waals surface area contributed by atoms with Gasteiger partial charge in [0.25, 0.3) is 0 Å². The molecule has 0 saturated carbocycles. The first kappa shape index (κ1) is 13.8. The molecule has 2 unspecified atom stereocenters. The number of aryl methyl sites for hydroxylation is 3. The highest BCUT2D eigenvalue weighted by Crippen LogP contribution is 2.24. The van der Waals surface area contributed by atoms with Crippen molar-refractivity contribution >= 4 is 0 Å². The summed E-state index contributed by atoms with van der Waals surface area (Å²) in [6.45, 7) is 10.4. The predicted molar refractivity (Wildman–Crippen MR) is 77.1 cm³/mol. The second kappa shape index (κ2) is 5.57. The van der Waals surface area contributed by atoms with Crippen LogP contribution in [0.1, 0.15) is 54.1 Å². The molecular weight excluding hydrogens is 236 g/mol. The van der Waals surface area contributed by atoms with Crippen LogP contribution in [0, 0.1) is 20.8 Å². The Balaban J connectivity index is 2.10. The SMILES string of the molecule is Cc1ccc(C(C)NC(C)c2c(C)noc2C)cc1.